The predicted molar refractivity (Wildman–Crippen MR) is 43.7 cm³/mol. The molecule has 1 aromatic heterocycles. The fourth-order valence-electron chi connectivity index (χ4n) is 1.11. The lowest BCUT2D eigenvalue weighted by atomic mass is 10.1. The van der Waals surface area contributed by atoms with Gasteiger partial charge in [-0.25, -0.2) is 4.79 Å². The molecule has 0 saturated heterocycles. The van der Waals surface area contributed by atoms with Crippen molar-refractivity contribution in [1.82, 2.24) is 0 Å². The van der Waals surface area contributed by atoms with Gasteiger partial charge < -0.3 is 4.42 Å². The molecule has 2 heteroatoms. The summed E-state index contributed by atoms with van der Waals surface area (Å²) in [4.78, 5) is 10.8. The molecule has 0 bridgehead atoms. The topological polar surface area (TPSA) is 30.2 Å². The zero-order valence-electron chi connectivity index (χ0n) is 6.89. The Balaban J connectivity index is 3.16. The second-order valence-corrected chi connectivity index (χ2v) is 2.46. The second-order valence-electron chi connectivity index (χ2n) is 2.46. The molecule has 0 saturated carbocycles. The third-order valence-electron chi connectivity index (χ3n) is 1.78. The highest BCUT2D eigenvalue weighted by molar-refractivity contribution is 5.21. The van der Waals surface area contributed by atoms with Gasteiger partial charge in [-0.3, -0.25) is 0 Å². The molecule has 1 heterocycles. The molecule has 0 spiro atoms. The Morgan fingerprint density at radius 3 is 2.45 bits per heavy atom. The highest BCUT2D eigenvalue weighted by Crippen LogP contribution is 2.06. The number of hydrogen-bond donors (Lipinski definition) is 0. The molecular formula is C9H12O2. The highest BCUT2D eigenvalue weighted by atomic mass is 16.4. The molecule has 0 radical (unpaired) electrons. The van der Waals surface area contributed by atoms with Crippen LogP contribution in [0.1, 0.15) is 25.0 Å². The van der Waals surface area contributed by atoms with E-state index >= 15 is 0 Å². The largest absolute Gasteiger partial charge is 0.431 e. The van der Waals surface area contributed by atoms with Gasteiger partial charge in [-0.1, -0.05) is 13.8 Å². The van der Waals surface area contributed by atoms with Crippen LogP contribution >= 0.6 is 0 Å². The van der Waals surface area contributed by atoms with Crippen molar-refractivity contribution in [3.8, 4) is 0 Å². The molecular weight excluding hydrogens is 140 g/mol. The van der Waals surface area contributed by atoms with Gasteiger partial charge in [0.15, 0.2) is 0 Å². The number of rotatable bonds is 2. The quantitative estimate of drug-likeness (QED) is 0.646. The fourth-order valence-corrected chi connectivity index (χ4v) is 1.11. The molecule has 0 aromatic carbocycles. The zero-order valence-corrected chi connectivity index (χ0v) is 6.89. The summed E-state index contributed by atoms with van der Waals surface area (Å²) in [6, 6.07) is 1.57. The molecule has 0 N–H and O–H groups in total. The third-order valence-corrected chi connectivity index (χ3v) is 1.78. The van der Waals surface area contributed by atoms with Gasteiger partial charge >= 0.3 is 5.63 Å². The average Bonchev–Trinajstić information content (AvgIpc) is 2.04. The summed E-state index contributed by atoms with van der Waals surface area (Å²) >= 11 is 0. The molecule has 0 fully saturated rings. The minimum Gasteiger partial charge on any atom is -0.431 e. The Morgan fingerprint density at radius 2 is 1.91 bits per heavy atom. The van der Waals surface area contributed by atoms with E-state index in [-0.39, 0.29) is 5.63 Å². The lowest BCUT2D eigenvalue weighted by Crippen LogP contribution is -2.01. The summed E-state index contributed by atoms with van der Waals surface area (Å²) in [6.45, 7) is 4.09. The minimum atomic E-state index is -0.251. The van der Waals surface area contributed by atoms with Crippen molar-refractivity contribution in [3.63, 3.8) is 0 Å². The van der Waals surface area contributed by atoms with E-state index in [9.17, 15) is 4.79 Å². The van der Waals surface area contributed by atoms with E-state index in [2.05, 4.69) is 6.92 Å². The van der Waals surface area contributed by atoms with Gasteiger partial charge in [0.25, 0.3) is 0 Å². The molecule has 11 heavy (non-hydrogen) atoms. The molecule has 0 aliphatic rings. The van der Waals surface area contributed by atoms with Crippen LogP contribution in [0.25, 0.3) is 0 Å². The van der Waals surface area contributed by atoms with Gasteiger partial charge in [-0.05, 0) is 24.0 Å². The third kappa shape index (κ3) is 1.70. The zero-order chi connectivity index (χ0) is 8.27. The van der Waals surface area contributed by atoms with Gasteiger partial charge in [0.05, 0.1) is 6.26 Å². The van der Waals surface area contributed by atoms with Crippen molar-refractivity contribution >= 4 is 0 Å². The minimum absolute atomic E-state index is 0.251. The smallest absolute Gasteiger partial charge is 0.335 e. The maximum absolute atomic E-state index is 10.8. The van der Waals surface area contributed by atoms with Crippen LogP contribution in [-0.4, -0.2) is 0 Å². The van der Waals surface area contributed by atoms with Crippen LogP contribution in [0.2, 0.25) is 0 Å². The van der Waals surface area contributed by atoms with E-state index < -0.39 is 0 Å². The molecule has 0 atom stereocenters. The highest BCUT2D eigenvalue weighted by Gasteiger charge is 1.99. The van der Waals surface area contributed by atoms with Gasteiger partial charge in [0.1, 0.15) is 0 Å². The maximum Gasteiger partial charge on any atom is 0.335 e. The molecule has 0 aliphatic carbocycles. The van der Waals surface area contributed by atoms with Gasteiger partial charge in [0.2, 0.25) is 0 Å². The normalized spacial score (nSPS) is 10.0. The van der Waals surface area contributed by atoms with Crippen LogP contribution in [0.3, 0.4) is 0 Å². The first-order valence-electron chi connectivity index (χ1n) is 3.88. The van der Waals surface area contributed by atoms with Gasteiger partial charge in [-0.15, -0.1) is 0 Å². The first-order chi connectivity index (χ1) is 5.27. The second kappa shape index (κ2) is 3.37. The molecule has 1 aromatic rings. The Kier molecular flexibility index (Phi) is 2.47. The van der Waals surface area contributed by atoms with Crippen LogP contribution in [0.4, 0.5) is 0 Å². The lowest BCUT2D eigenvalue weighted by Gasteiger charge is -2.00. The van der Waals surface area contributed by atoms with E-state index in [1.54, 1.807) is 12.3 Å². The van der Waals surface area contributed by atoms with Crippen molar-refractivity contribution in [2.24, 2.45) is 0 Å². The standard InChI is InChI=1S/C9H12O2/c1-3-7-5-9(10)11-6-8(7)4-2/h5-6H,3-4H2,1-2H3. The summed E-state index contributed by atoms with van der Waals surface area (Å²) < 4.78 is 4.74. The van der Waals surface area contributed by atoms with Gasteiger partial charge in [0, 0.05) is 6.07 Å². The summed E-state index contributed by atoms with van der Waals surface area (Å²) in [7, 11) is 0. The molecule has 2 nitrogen and oxygen atoms in total. The van der Waals surface area contributed by atoms with Crippen LogP contribution in [0, 0.1) is 0 Å². The molecule has 0 unspecified atom stereocenters. The van der Waals surface area contributed by atoms with E-state index in [0.29, 0.717) is 0 Å². The van der Waals surface area contributed by atoms with Crippen LogP contribution in [0.5, 0.6) is 0 Å². The van der Waals surface area contributed by atoms with E-state index in [1.165, 1.54) is 0 Å². The monoisotopic (exact) mass is 152 g/mol. The number of hydrogen-bond acceptors (Lipinski definition) is 2. The fraction of sp³-hybridized carbons (Fsp3) is 0.444. The Morgan fingerprint density at radius 1 is 1.27 bits per heavy atom. The predicted octanol–water partition coefficient (Wildman–Crippen LogP) is 1.76. The van der Waals surface area contributed by atoms with E-state index in [4.69, 9.17) is 4.42 Å². The maximum atomic E-state index is 10.8. The molecule has 0 aliphatic heterocycles. The molecule has 0 amide bonds. The Labute approximate surface area is 65.9 Å². The summed E-state index contributed by atoms with van der Waals surface area (Å²) in [6.07, 6.45) is 3.38. The molecule has 60 valence electrons. The van der Waals surface area contributed by atoms with Crippen molar-refractivity contribution in [1.29, 1.82) is 0 Å². The van der Waals surface area contributed by atoms with Gasteiger partial charge in [-0.2, -0.15) is 0 Å². The van der Waals surface area contributed by atoms with Crippen LogP contribution in [0.15, 0.2) is 21.5 Å². The average molecular weight is 152 g/mol. The first-order valence-corrected chi connectivity index (χ1v) is 3.88. The van der Waals surface area contributed by atoms with Crippen LogP contribution in [-0.2, 0) is 12.8 Å². The summed E-state index contributed by atoms with van der Waals surface area (Å²) in [5, 5.41) is 0. The number of aryl methyl sites for hydroxylation is 2. The Hall–Kier alpha value is -1.05. The van der Waals surface area contributed by atoms with Crippen molar-refractivity contribution in [2.45, 2.75) is 26.7 Å². The van der Waals surface area contributed by atoms with E-state index in [1.807, 2.05) is 6.92 Å². The SMILES string of the molecule is CCc1coc(=O)cc1CC. The van der Waals surface area contributed by atoms with Crippen molar-refractivity contribution in [3.05, 3.63) is 33.9 Å². The summed E-state index contributed by atoms with van der Waals surface area (Å²) in [5.74, 6) is 0. The first kappa shape index (κ1) is 8.05. The van der Waals surface area contributed by atoms with Crippen molar-refractivity contribution < 1.29 is 4.42 Å². The van der Waals surface area contributed by atoms with Crippen molar-refractivity contribution in [2.75, 3.05) is 0 Å². The van der Waals surface area contributed by atoms with Crippen LogP contribution < -0.4 is 5.63 Å². The lowest BCUT2D eigenvalue weighted by molar-refractivity contribution is 0.501. The Bertz CT molecular complexity index is 286. The van der Waals surface area contributed by atoms with E-state index in [0.717, 1.165) is 24.0 Å². The summed E-state index contributed by atoms with van der Waals surface area (Å²) in [5.41, 5.74) is 1.98. The molecule has 1 rings (SSSR count).